The molecule has 0 aromatic carbocycles. The quantitative estimate of drug-likeness (QED) is 0.284. The average Bonchev–Trinajstić information content (AvgIpc) is 2.21. The fraction of sp³-hybridized carbons (Fsp3) is 0.231. The molecule has 0 aromatic rings. The second-order valence-corrected chi connectivity index (χ2v) is 2.40. The zero-order chi connectivity index (χ0) is 10.5. The standard InChI is InChI=1S/C13H13O/c1-2-3-4-5-6-7-8-9-10-11-12-13-14/h4-5,9-10,13H,1,8,11-12H2. The number of unbranched alkanes of at least 4 members (excludes halogenated alkanes) is 1. The van der Waals surface area contributed by atoms with Gasteiger partial charge in [0, 0.05) is 19.8 Å². The monoisotopic (exact) mass is 185 g/mol. The van der Waals surface area contributed by atoms with Crippen LogP contribution in [0.3, 0.4) is 0 Å². The van der Waals surface area contributed by atoms with Crippen LogP contribution in [0.15, 0.2) is 24.3 Å². The molecule has 0 aliphatic heterocycles. The van der Waals surface area contributed by atoms with E-state index in [9.17, 15) is 4.79 Å². The van der Waals surface area contributed by atoms with E-state index < -0.39 is 0 Å². The molecule has 0 bridgehead atoms. The first-order chi connectivity index (χ1) is 6.91. The van der Waals surface area contributed by atoms with E-state index in [4.69, 9.17) is 0 Å². The molecule has 0 aliphatic rings. The van der Waals surface area contributed by atoms with Gasteiger partial charge in [-0.1, -0.05) is 35.8 Å². The van der Waals surface area contributed by atoms with E-state index in [2.05, 4.69) is 30.6 Å². The number of carbonyl (C=O) groups is 1. The van der Waals surface area contributed by atoms with Gasteiger partial charge in [0.1, 0.15) is 6.29 Å². The molecule has 71 valence electrons. The van der Waals surface area contributed by atoms with Gasteiger partial charge in [-0.25, -0.2) is 0 Å². The number of allylic oxidation sites excluding steroid dienone is 4. The van der Waals surface area contributed by atoms with Crippen LogP contribution in [-0.4, -0.2) is 6.29 Å². The van der Waals surface area contributed by atoms with Crippen LogP contribution in [0.1, 0.15) is 19.3 Å². The summed E-state index contributed by atoms with van der Waals surface area (Å²) >= 11 is 0. The van der Waals surface area contributed by atoms with Crippen LogP contribution in [0.5, 0.6) is 0 Å². The van der Waals surface area contributed by atoms with Gasteiger partial charge in [0.05, 0.1) is 0 Å². The van der Waals surface area contributed by atoms with Crippen molar-refractivity contribution < 1.29 is 4.79 Å². The number of aldehydes is 1. The average molecular weight is 185 g/mol. The Labute approximate surface area is 85.9 Å². The molecule has 0 N–H and O–H groups in total. The Balaban J connectivity index is 3.54. The molecule has 0 rings (SSSR count). The number of rotatable bonds is 4. The number of hydrogen-bond acceptors (Lipinski definition) is 1. The van der Waals surface area contributed by atoms with Crippen LogP contribution in [-0.2, 0) is 4.79 Å². The lowest BCUT2D eigenvalue weighted by molar-refractivity contribution is -0.107. The lowest BCUT2D eigenvalue weighted by atomic mass is 10.3. The van der Waals surface area contributed by atoms with Gasteiger partial charge in [-0.05, 0) is 18.6 Å². The normalized spacial score (nSPS) is 9.21. The summed E-state index contributed by atoms with van der Waals surface area (Å²) in [6.07, 6.45) is 10.3. The van der Waals surface area contributed by atoms with E-state index in [-0.39, 0.29) is 0 Å². The molecule has 0 unspecified atom stereocenters. The van der Waals surface area contributed by atoms with Crippen molar-refractivity contribution in [3.8, 4) is 23.7 Å². The van der Waals surface area contributed by atoms with Gasteiger partial charge in [-0.2, -0.15) is 0 Å². The van der Waals surface area contributed by atoms with Crippen molar-refractivity contribution in [2.75, 3.05) is 0 Å². The van der Waals surface area contributed by atoms with Crippen molar-refractivity contribution in [2.24, 2.45) is 0 Å². The van der Waals surface area contributed by atoms with Gasteiger partial charge in [0.15, 0.2) is 0 Å². The van der Waals surface area contributed by atoms with Crippen LogP contribution in [0.25, 0.3) is 0 Å². The first-order valence-electron chi connectivity index (χ1n) is 4.41. The molecule has 0 spiro atoms. The van der Waals surface area contributed by atoms with Crippen molar-refractivity contribution in [1.82, 2.24) is 0 Å². The Morgan fingerprint density at radius 3 is 2.57 bits per heavy atom. The molecule has 0 saturated carbocycles. The molecule has 0 saturated heterocycles. The summed E-state index contributed by atoms with van der Waals surface area (Å²) in [6, 6.07) is 0. The molecule has 0 amide bonds. The zero-order valence-electron chi connectivity index (χ0n) is 8.12. The number of hydrogen-bond donors (Lipinski definition) is 0. The molecule has 0 fully saturated rings. The summed E-state index contributed by atoms with van der Waals surface area (Å²) < 4.78 is 0. The van der Waals surface area contributed by atoms with Gasteiger partial charge in [0.2, 0.25) is 0 Å². The van der Waals surface area contributed by atoms with Crippen molar-refractivity contribution in [3.63, 3.8) is 0 Å². The first kappa shape index (κ1) is 12.3. The maximum atomic E-state index is 9.95. The topological polar surface area (TPSA) is 17.1 Å². The maximum Gasteiger partial charge on any atom is 0.120 e. The summed E-state index contributed by atoms with van der Waals surface area (Å²) in [6.45, 7) is 3.36. The molecule has 0 aromatic heterocycles. The van der Waals surface area contributed by atoms with Crippen LogP contribution in [0, 0.1) is 30.6 Å². The minimum absolute atomic E-state index is 0.586. The molecular formula is C13H13O. The Bertz CT molecular complexity index is 313. The molecule has 0 heterocycles. The van der Waals surface area contributed by atoms with Crippen LogP contribution in [0.4, 0.5) is 0 Å². The third-order valence-electron chi connectivity index (χ3n) is 1.29. The smallest absolute Gasteiger partial charge is 0.120 e. The Morgan fingerprint density at radius 2 is 1.86 bits per heavy atom. The van der Waals surface area contributed by atoms with Crippen molar-refractivity contribution in [2.45, 2.75) is 19.3 Å². The summed E-state index contributed by atoms with van der Waals surface area (Å²) in [4.78, 5) is 9.95. The molecule has 14 heavy (non-hydrogen) atoms. The first-order valence-corrected chi connectivity index (χ1v) is 4.41. The third-order valence-corrected chi connectivity index (χ3v) is 1.29. The van der Waals surface area contributed by atoms with E-state index in [1.807, 2.05) is 12.2 Å². The summed E-state index contributed by atoms with van der Waals surface area (Å²) in [5, 5.41) is 0. The van der Waals surface area contributed by atoms with E-state index in [0.717, 1.165) is 12.7 Å². The third kappa shape index (κ3) is 10.3. The van der Waals surface area contributed by atoms with E-state index in [1.54, 1.807) is 12.2 Å². The minimum atomic E-state index is 0.586. The van der Waals surface area contributed by atoms with Gasteiger partial charge in [0.25, 0.3) is 0 Å². The highest BCUT2D eigenvalue weighted by atomic mass is 16.1. The van der Waals surface area contributed by atoms with Crippen LogP contribution in [0.2, 0.25) is 0 Å². The van der Waals surface area contributed by atoms with Gasteiger partial charge in [-0.15, -0.1) is 0 Å². The Morgan fingerprint density at radius 1 is 1.07 bits per heavy atom. The SMILES string of the molecule is [CH2]C#CC=CC#CCC=CCCC=O. The molecule has 1 heteroatoms. The van der Waals surface area contributed by atoms with Gasteiger partial charge < -0.3 is 4.79 Å². The molecule has 0 atom stereocenters. The van der Waals surface area contributed by atoms with Gasteiger partial charge >= 0.3 is 0 Å². The summed E-state index contributed by atoms with van der Waals surface area (Å²) in [7, 11) is 0. The second kappa shape index (κ2) is 11.3. The van der Waals surface area contributed by atoms with Gasteiger partial charge in [-0.3, -0.25) is 0 Å². The van der Waals surface area contributed by atoms with Crippen molar-refractivity contribution in [3.05, 3.63) is 31.2 Å². The minimum Gasteiger partial charge on any atom is -0.303 e. The van der Waals surface area contributed by atoms with E-state index >= 15 is 0 Å². The summed E-state index contributed by atoms with van der Waals surface area (Å²) in [5.74, 6) is 10.9. The predicted octanol–water partition coefficient (Wildman–Crippen LogP) is 2.31. The lowest BCUT2D eigenvalue weighted by Crippen LogP contribution is -1.69. The predicted molar refractivity (Wildman–Crippen MR) is 59.1 cm³/mol. The van der Waals surface area contributed by atoms with Crippen molar-refractivity contribution >= 4 is 6.29 Å². The highest BCUT2D eigenvalue weighted by Gasteiger charge is 1.75. The lowest BCUT2D eigenvalue weighted by Gasteiger charge is -1.80. The summed E-state index contributed by atoms with van der Waals surface area (Å²) in [5.41, 5.74) is 0. The Kier molecular flexibility index (Phi) is 9.88. The largest absolute Gasteiger partial charge is 0.303 e. The highest BCUT2D eigenvalue weighted by Crippen LogP contribution is 1.88. The van der Waals surface area contributed by atoms with Crippen LogP contribution >= 0.6 is 0 Å². The molecule has 1 radical (unpaired) electrons. The highest BCUT2D eigenvalue weighted by molar-refractivity contribution is 5.49. The molecule has 1 nitrogen and oxygen atoms in total. The zero-order valence-corrected chi connectivity index (χ0v) is 8.12. The molecular weight excluding hydrogens is 172 g/mol. The van der Waals surface area contributed by atoms with Crippen LogP contribution < -0.4 is 0 Å². The second-order valence-electron chi connectivity index (χ2n) is 2.40. The number of carbonyl (C=O) groups excluding carboxylic acids is 1. The fourth-order valence-electron chi connectivity index (χ4n) is 0.684. The van der Waals surface area contributed by atoms with E-state index in [0.29, 0.717) is 12.8 Å². The fourth-order valence-corrected chi connectivity index (χ4v) is 0.684. The Hall–Kier alpha value is -1.73. The maximum absolute atomic E-state index is 9.95. The molecule has 0 aliphatic carbocycles. The van der Waals surface area contributed by atoms with E-state index in [1.165, 1.54) is 0 Å². The van der Waals surface area contributed by atoms with Crippen molar-refractivity contribution in [1.29, 1.82) is 0 Å².